The fourth-order valence-corrected chi connectivity index (χ4v) is 4.73. The predicted octanol–water partition coefficient (Wildman–Crippen LogP) is 6.29. The highest BCUT2D eigenvalue weighted by atomic mass is 127. The van der Waals surface area contributed by atoms with Crippen molar-refractivity contribution in [2.45, 2.75) is 37.6 Å². The summed E-state index contributed by atoms with van der Waals surface area (Å²) < 4.78 is 5.34. The third-order valence-electron chi connectivity index (χ3n) is 5.42. The maximum absolute atomic E-state index is 5.34. The minimum atomic E-state index is -0.152. The van der Waals surface area contributed by atoms with Gasteiger partial charge in [-0.1, -0.05) is 49.2 Å². The zero-order valence-electron chi connectivity index (χ0n) is 16.3. The Labute approximate surface area is 188 Å². The molecule has 2 aromatic rings. The Kier molecular flexibility index (Phi) is 7.04. The van der Waals surface area contributed by atoms with Crippen LogP contribution in [0.15, 0.2) is 64.6 Å². The molecule has 1 fully saturated rings. The van der Waals surface area contributed by atoms with Crippen LogP contribution in [-0.2, 0) is 0 Å². The van der Waals surface area contributed by atoms with Crippen LogP contribution >= 0.6 is 35.7 Å². The molecule has 0 N–H and O–H groups in total. The zero-order valence-corrected chi connectivity index (χ0v) is 19.4. The summed E-state index contributed by atoms with van der Waals surface area (Å²) in [4.78, 5) is 12.4. The number of para-hydroxylation sites is 1. The van der Waals surface area contributed by atoms with E-state index in [1.54, 1.807) is 18.9 Å². The SMILES string of the molecule is COc1ccc(N2C(SC)=NC(=Nc3ccccc3)C23CCCCC3)cc1.I. The Morgan fingerprint density at radius 1 is 1.00 bits per heavy atom. The van der Waals surface area contributed by atoms with Crippen molar-refractivity contribution in [3.05, 3.63) is 54.6 Å². The second-order valence-electron chi connectivity index (χ2n) is 7.00. The number of benzene rings is 2. The van der Waals surface area contributed by atoms with Crippen LogP contribution in [0.2, 0.25) is 0 Å². The fourth-order valence-electron chi connectivity index (χ4n) is 4.09. The van der Waals surface area contributed by atoms with Gasteiger partial charge in [0.15, 0.2) is 11.0 Å². The molecule has 0 unspecified atom stereocenters. The van der Waals surface area contributed by atoms with Gasteiger partial charge in [-0.3, -0.25) is 0 Å². The topological polar surface area (TPSA) is 37.2 Å². The van der Waals surface area contributed by atoms with E-state index in [-0.39, 0.29) is 29.5 Å². The van der Waals surface area contributed by atoms with E-state index in [4.69, 9.17) is 14.7 Å². The number of rotatable bonds is 3. The van der Waals surface area contributed by atoms with Gasteiger partial charge in [0.25, 0.3) is 0 Å². The molecule has 0 atom stereocenters. The van der Waals surface area contributed by atoms with Gasteiger partial charge in [0.1, 0.15) is 11.3 Å². The summed E-state index contributed by atoms with van der Waals surface area (Å²) in [6.07, 6.45) is 7.95. The Hall–Kier alpha value is -1.54. The van der Waals surface area contributed by atoms with Crippen molar-refractivity contribution < 1.29 is 4.74 Å². The van der Waals surface area contributed by atoms with E-state index in [1.807, 2.05) is 42.5 Å². The van der Waals surface area contributed by atoms with Gasteiger partial charge in [0.2, 0.25) is 0 Å². The third-order valence-corrected chi connectivity index (χ3v) is 6.06. The Morgan fingerprint density at radius 3 is 2.29 bits per heavy atom. The average Bonchev–Trinajstić information content (AvgIpc) is 3.02. The molecule has 1 saturated carbocycles. The number of methoxy groups -OCH3 is 1. The molecule has 1 aliphatic carbocycles. The summed E-state index contributed by atoms with van der Waals surface area (Å²) in [5.41, 5.74) is 1.98. The van der Waals surface area contributed by atoms with Crippen LogP contribution in [0.4, 0.5) is 11.4 Å². The van der Waals surface area contributed by atoms with Crippen LogP contribution in [-0.4, -0.2) is 29.9 Å². The molecule has 2 aliphatic rings. The number of ether oxygens (including phenoxy) is 1. The first kappa shape index (κ1) is 21.2. The lowest BCUT2D eigenvalue weighted by molar-refractivity contribution is 0.385. The van der Waals surface area contributed by atoms with Crippen LogP contribution < -0.4 is 9.64 Å². The van der Waals surface area contributed by atoms with E-state index in [1.165, 1.54) is 19.3 Å². The molecule has 0 amide bonds. The standard InChI is InChI=1S/C22H25N3OS.HI/c1-26-19-13-11-18(12-14-19)25-21(27-2)24-20(22(25)15-7-4-8-16-22)23-17-9-5-3-6-10-17;/h3,5-6,9-14H,4,7-8,15-16H2,1-2H3;1H. The average molecular weight is 507 g/mol. The van der Waals surface area contributed by atoms with Crippen LogP contribution in [0.3, 0.4) is 0 Å². The number of nitrogens with zero attached hydrogens (tertiary/aromatic N) is 3. The summed E-state index contributed by atoms with van der Waals surface area (Å²) in [5, 5.41) is 1.02. The molecule has 4 nitrogen and oxygen atoms in total. The maximum Gasteiger partial charge on any atom is 0.170 e. The van der Waals surface area contributed by atoms with Gasteiger partial charge >= 0.3 is 0 Å². The molecule has 1 aliphatic heterocycles. The van der Waals surface area contributed by atoms with Crippen LogP contribution in [0, 0.1) is 0 Å². The van der Waals surface area contributed by atoms with E-state index in [9.17, 15) is 0 Å². The predicted molar refractivity (Wildman–Crippen MR) is 131 cm³/mol. The van der Waals surface area contributed by atoms with Crippen molar-refractivity contribution in [1.29, 1.82) is 0 Å². The molecule has 148 valence electrons. The molecule has 1 spiro atoms. The lowest BCUT2D eigenvalue weighted by Gasteiger charge is -2.42. The molecule has 0 radical (unpaired) electrons. The first-order valence-corrected chi connectivity index (χ1v) is 10.7. The fraction of sp³-hybridized carbons (Fsp3) is 0.364. The monoisotopic (exact) mass is 507 g/mol. The van der Waals surface area contributed by atoms with Gasteiger partial charge in [-0.25, -0.2) is 9.98 Å². The number of anilines is 1. The molecule has 2 aromatic carbocycles. The Morgan fingerprint density at radius 2 is 1.68 bits per heavy atom. The quantitative estimate of drug-likeness (QED) is 0.459. The van der Waals surface area contributed by atoms with Crippen molar-refractivity contribution in [2.75, 3.05) is 18.3 Å². The molecule has 1 heterocycles. The number of thioether (sulfide) groups is 1. The van der Waals surface area contributed by atoms with E-state index < -0.39 is 0 Å². The highest BCUT2D eigenvalue weighted by Gasteiger charge is 2.49. The second kappa shape index (κ2) is 9.31. The second-order valence-corrected chi connectivity index (χ2v) is 7.77. The molecule has 28 heavy (non-hydrogen) atoms. The van der Waals surface area contributed by atoms with Gasteiger partial charge in [0, 0.05) is 5.69 Å². The number of hydrogen-bond acceptors (Lipinski definition) is 4. The van der Waals surface area contributed by atoms with E-state index in [0.717, 1.165) is 41.0 Å². The summed E-state index contributed by atoms with van der Waals surface area (Å²) in [7, 11) is 1.70. The number of amidine groups is 2. The largest absolute Gasteiger partial charge is 0.497 e. The Bertz CT molecular complexity index is 846. The molecule has 6 heteroatoms. The van der Waals surface area contributed by atoms with Gasteiger partial charge in [-0.2, -0.15) is 0 Å². The van der Waals surface area contributed by atoms with Crippen molar-refractivity contribution in [2.24, 2.45) is 9.98 Å². The van der Waals surface area contributed by atoms with Crippen LogP contribution in [0.1, 0.15) is 32.1 Å². The van der Waals surface area contributed by atoms with Gasteiger partial charge in [-0.05, 0) is 55.5 Å². The normalized spacial score (nSPS) is 19.4. The Balaban J connectivity index is 0.00000225. The number of halogens is 1. The minimum Gasteiger partial charge on any atom is -0.497 e. The molecular formula is C22H26IN3OS. The van der Waals surface area contributed by atoms with Crippen molar-refractivity contribution >= 4 is 58.1 Å². The first-order chi connectivity index (χ1) is 13.3. The highest BCUT2D eigenvalue weighted by molar-refractivity contribution is 14.0. The van der Waals surface area contributed by atoms with E-state index in [2.05, 4.69) is 23.3 Å². The summed E-state index contributed by atoms with van der Waals surface area (Å²) in [6, 6.07) is 18.5. The molecule has 4 rings (SSSR count). The highest BCUT2D eigenvalue weighted by Crippen LogP contribution is 2.44. The van der Waals surface area contributed by atoms with Gasteiger partial charge < -0.3 is 9.64 Å². The molecule has 0 bridgehead atoms. The lowest BCUT2D eigenvalue weighted by Crippen LogP contribution is -2.52. The van der Waals surface area contributed by atoms with Crippen molar-refractivity contribution in [3.63, 3.8) is 0 Å². The van der Waals surface area contributed by atoms with E-state index >= 15 is 0 Å². The van der Waals surface area contributed by atoms with Crippen LogP contribution in [0.5, 0.6) is 5.75 Å². The summed E-state index contributed by atoms with van der Waals surface area (Å²) in [5.74, 6) is 1.82. The third kappa shape index (κ3) is 3.94. The van der Waals surface area contributed by atoms with E-state index in [0.29, 0.717) is 0 Å². The smallest absolute Gasteiger partial charge is 0.170 e. The number of aliphatic imine (C=N–C) groups is 2. The summed E-state index contributed by atoms with van der Waals surface area (Å²) in [6.45, 7) is 0. The van der Waals surface area contributed by atoms with Crippen LogP contribution in [0.25, 0.3) is 0 Å². The maximum atomic E-state index is 5.34. The zero-order chi connectivity index (χ0) is 18.7. The van der Waals surface area contributed by atoms with Crippen molar-refractivity contribution in [1.82, 2.24) is 0 Å². The van der Waals surface area contributed by atoms with Gasteiger partial charge in [0.05, 0.1) is 12.8 Å². The molecular weight excluding hydrogens is 481 g/mol. The minimum absolute atomic E-state index is 0. The van der Waals surface area contributed by atoms with Crippen molar-refractivity contribution in [3.8, 4) is 5.75 Å². The summed E-state index contributed by atoms with van der Waals surface area (Å²) >= 11 is 1.69. The molecule has 0 saturated heterocycles. The first-order valence-electron chi connectivity index (χ1n) is 9.48. The van der Waals surface area contributed by atoms with Gasteiger partial charge in [-0.15, -0.1) is 24.0 Å². The molecule has 0 aromatic heterocycles. The number of hydrogen-bond donors (Lipinski definition) is 0. The lowest BCUT2D eigenvalue weighted by atomic mass is 9.79.